The van der Waals surface area contributed by atoms with Gasteiger partial charge >= 0.3 is 0 Å². The number of benzene rings is 1. The maximum absolute atomic E-state index is 4.88. The number of hydrogen-bond donors (Lipinski definition) is 1. The van der Waals surface area contributed by atoms with Crippen LogP contribution in [0.25, 0.3) is 5.57 Å². The van der Waals surface area contributed by atoms with Gasteiger partial charge in [0.1, 0.15) is 0 Å². The summed E-state index contributed by atoms with van der Waals surface area (Å²) in [5.41, 5.74) is 15.2. The van der Waals surface area contributed by atoms with Gasteiger partial charge in [0, 0.05) is 5.69 Å². The minimum atomic E-state index is 0.0153. The van der Waals surface area contributed by atoms with Crippen LogP contribution >= 0.6 is 0 Å². The van der Waals surface area contributed by atoms with Crippen LogP contribution in [0.4, 0.5) is 5.69 Å². The minimum Gasteiger partial charge on any atom is -0.378 e. The molecule has 0 saturated heterocycles. The second-order valence-corrected chi connectivity index (χ2v) is 15.5. The first-order valence-corrected chi connectivity index (χ1v) is 17.4. The lowest BCUT2D eigenvalue weighted by Crippen LogP contribution is -2.48. The number of allylic oxidation sites excluding steroid dienone is 7. The second kappa shape index (κ2) is 13.4. The molecule has 5 atom stereocenters. The molecule has 0 aliphatic heterocycles. The van der Waals surface area contributed by atoms with E-state index in [0.717, 1.165) is 44.1 Å². The van der Waals surface area contributed by atoms with Crippen LogP contribution in [0.15, 0.2) is 71.9 Å². The molecule has 1 aromatic carbocycles. The molecule has 1 heteroatoms. The van der Waals surface area contributed by atoms with Crippen LogP contribution in [-0.4, -0.2) is 6.04 Å². The van der Waals surface area contributed by atoms with Crippen molar-refractivity contribution in [2.75, 3.05) is 5.32 Å². The molecule has 0 bridgehead atoms. The zero-order chi connectivity index (χ0) is 33.4. The number of fused-ring (bicyclic) bond motifs is 1. The van der Waals surface area contributed by atoms with Crippen molar-refractivity contribution < 1.29 is 0 Å². The summed E-state index contributed by atoms with van der Waals surface area (Å²) in [4.78, 5) is 0. The molecule has 0 amide bonds. The van der Waals surface area contributed by atoms with E-state index in [1.807, 2.05) is 0 Å². The van der Waals surface area contributed by atoms with Crippen molar-refractivity contribution in [2.24, 2.45) is 22.2 Å². The Balaban J connectivity index is 2.16. The fourth-order valence-corrected chi connectivity index (χ4v) is 9.14. The number of rotatable bonds is 11. The van der Waals surface area contributed by atoms with Crippen LogP contribution in [0.3, 0.4) is 0 Å². The van der Waals surface area contributed by atoms with Crippen molar-refractivity contribution in [1.29, 1.82) is 0 Å². The Labute approximate surface area is 272 Å². The summed E-state index contributed by atoms with van der Waals surface area (Å²) in [6, 6.07) is 2.78. The van der Waals surface area contributed by atoms with E-state index in [1.54, 1.807) is 0 Å². The van der Waals surface area contributed by atoms with E-state index >= 15 is 0 Å². The average Bonchev–Trinajstić information content (AvgIpc) is 2.93. The van der Waals surface area contributed by atoms with Gasteiger partial charge in [-0.15, -0.1) is 0 Å². The maximum atomic E-state index is 4.88. The quantitative estimate of drug-likeness (QED) is 0.251. The Bertz CT molecular complexity index is 1390. The van der Waals surface area contributed by atoms with Gasteiger partial charge in [0.05, 0.1) is 6.04 Å². The van der Waals surface area contributed by atoms with Gasteiger partial charge in [0.2, 0.25) is 0 Å². The van der Waals surface area contributed by atoms with E-state index in [1.165, 1.54) is 55.8 Å². The summed E-state index contributed by atoms with van der Waals surface area (Å²) < 4.78 is 0. The van der Waals surface area contributed by atoms with Gasteiger partial charge < -0.3 is 5.32 Å². The monoisotopic (exact) mass is 596 g/mol. The first-order chi connectivity index (χ1) is 20.5. The molecule has 2 aliphatic rings. The summed E-state index contributed by atoms with van der Waals surface area (Å²) in [7, 11) is 0. The van der Waals surface area contributed by atoms with E-state index < -0.39 is 0 Å². The lowest BCUT2D eigenvalue weighted by atomic mass is 9.47. The Morgan fingerprint density at radius 3 is 2.23 bits per heavy atom. The van der Waals surface area contributed by atoms with Crippen molar-refractivity contribution in [3.63, 3.8) is 0 Å². The maximum Gasteiger partial charge on any atom is 0.0510 e. The van der Waals surface area contributed by atoms with Gasteiger partial charge in [-0.25, -0.2) is 0 Å². The van der Waals surface area contributed by atoms with Crippen molar-refractivity contribution in [2.45, 2.75) is 140 Å². The molecule has 0 saturated carbocycles. The summed E-state index contributed by atoms with van der Waals surface area (Å²) in [5, 5.41) is 4.02. The lowest BCUT2D eigenvalue weighted by Gasteiger charge is -2.57. The van der Waals surface area contributed by atoms with Gasteiger partial charge in [-0.05, 0) is 145 Å². The minimum absolute atomic E-state index is 0.0153. The molecule has 0 heterocycles. The fraction of sp³-hybridized carbons (Fsp3) is 0.581. The number of anilines is 1. The highest BCUT2D eigenvalue weighted by molar-refractivity contribution is 5.79. The number of nitrogens with one attached hydrogen (secondary N) is 1. The van der Waals surface area contributed by atoms with Crippen LogP contribution < -0.4 is 5.32 Å². The molecule has 3 rings (SSSR count). The van der Waals surface area contributed by atoms with Crippen LogP contribution in [0.1, 0.15) is 143 Å². The molecular formula is C43H65N. The number of hydrogen-bond acceptors (Lipinski definition) is 1. The molecule has 0 fully saturated rings. The summed E-state index contributed by atoms with van der Waals surface area (Å²) in [5.74, 6) is 0.813. The molecule has 0 radical (unpaired) electrons. The van der Waals surface area contributed by atoms with E-state index in [-0.39, 0.29) is 16.2 Å². The molecule has 44 heavy (non-hydrogen) atoms. The molecule has 242 valence electrons. The van der Waals surface area contributed by atoms with Gasteiger partial charge in [0.25, 0.3) is 0 Å². The second-order valence-electron chi connectivity index (χ2n) is 15.5. The molecule has 1 N–H and O–H groups in total. The van der Waals surface area contributed by atoms with Gasteiger partial charge in [0.15, 0.2) is 0 Å². The van der Waals surface area contributed by atoms with E-state index in [0.29, 0.717) is 17.9 Å². The first-order valence-electron chi connectivity index (χ1n) is 17.4. The van der Waals surface area contributed by atoms with Gasteiger partial charge in [-0.1, -0.05) is 111 Å². The highest BCUT2D eigenvalue weighted by Gasteiger charge is 2.54. The topological polar surface area (TPSA) is 12.0 Å². The Kier molecular flexibility index (Phi) is 11.0. The van der Waals surface area contributed by atoms with E-state index in [4.69, 9.17) is 13.2 Å². The smallest absolute Gasteiger partial charge is 0.0510 e. The molecule has 0 spiro atoms. The van der Waals surface area contributed by atoms with Crippen LogP contribution in [0, 0.1) is 29.1 Å². The standard InChI is InChI=1S/C43H65N/c1-17-21-34(19-3)37(22-18-2)44-38-23-35(27(5)6)36-25-41(14,32(12)30(10)40(36)31(38)11)26-42(15)24-29(9)39(28(7)8)33(13)43(42,16)20-4/h17,19,21,23,27,32,37,44H,7,10,13,18,20,22,24-26H2,1-6,8-9,11-12,14-16H3/b21-17-,34-19+. The Hall–Kier alpha value is -2.54. The van der Waals surface area contributed by atoms with Crippen molar-refractivity contribution in [3.8, 4) is 0 Å². The third-order valence-corrected chi connectivity index (χ3v) is 12.1. The normalized spacial score (nSPS) is 28.6. The van der Waals surface area contributed by atoms with Crippen LogP contribution in [0.5, 0.6) is 0 Å². The van der Waals surface area contributed by atoms with Crippen LogP contribution in [0.2, 0.25) is 0 Å². The van der Waals surface area contributed by atoms with E-state index in [2.05, 4.69) is 126 Å². The van der Waals surface area contributed by atoms with Crippen LogP contribution in [-0.2, 0) is 6.42 Å². The SMILES string of the molecule is C=C(C)C1=C(C)CC(C)(CC2(C)Cc3c(C(C)C)cc(NC(CCC)C(/C=C\C)=C/C)c(C)c3C(=C)C2C)C(C)(CC)C1=C. The predicted molar refractivity (Wildman–Crippen MR) is 199 cm³/mol. The third kappa shape index (κ3) is 6.15. The Morgan fingerprint density at radius 2 is 1.73 bits per heavy atom. The summed E-state index contributed by atoms with van der Waals surface area (Å²) >= 11 is 0. The summed E-state index contributed by atoms with van der Waals surface area (Å²) in [6.07, 6.45) is 13.3. The predicted octanol–water partition coefficient (Wildman–Crippen LogP) is 13.1. The average molecular weight is 596 g/mol. The zero-order valence-electron chi connectivity index (χ0n) is 30.9. The zero-order valence-corrected chi connectivity index (χ0v) is 30.9. The van der Waals surface area contributed by atoms with Gasteiger partial charge in [-0.2, -0.15) is 0 Å². The largest absolute Gasteiger partial charge is 0.378 e. The fourth-order valence-electron chi connectivity index (χ4n) is 9.14. The molecule has 2 aliphatic carbocycles. The molecule has 5 unspecified atom stereocenters. The summed E-state index contributed by atoms with van der Waals surface area (Å²) in [6.45, 7) is 44.5. The lowest BCUT2D eigenvalue weighted by molar-refractivity contribution is 0.0200. The third-order valence-electron chi connectivity index (χ3n) is 12.1. The Morgan fingerprint density at radius 1 is 1.09 bits per heavy atom. The van der Waals surface area contributed by atoms with Gasteiger partial charge in [-0.3, -0.25) is 0 Å². The first kappa shape index (κ1) is 35.9. The molecule has 1 aromatic rings. The highest BCUT2D eigenvalue weighted by Crippen LogP contribution is 2.64. The highest BCUT2D eigenvalue weighted by atomic mass is 14.9. The molecule has 1 nitrogen and oxygen atoms in total. The van der Waals surface area contributed by atoms with Crippen molar-refractivity contribution >= 4 is 11.3 Å². The molecule has 0 aromatic heterocycles. The molecular weight excluding hydrogens is 530 g/mol. The van der Waals surface area contributed by atoms with Crippen molar-refractivity contribution in [1.82, 2.24) is 0 Å². The van der Waals surface area contributed by atoms with Crippen molar-refractivity contribution in [3.05, 3.63) is 94.2 Å². The van der Waals surface area contributed by atoms with E-state index in [9.17, 15) is 0 Å².